The maximum Gasteiger partial charge on any atom is 0.316 e. The summed E-state index contributed by atoms with van der Waals surface area (Å²) in [6, 6.07) is 10.1. The van der Waals surface area contributed by atoms with Gasteiger partial charge in [0.2, 0.25) is 5.75 Å². The predicted molar refractivity (Wildman–Crippen MR) is 146 cm³/mol. The van der Waals surface area contributed by atoms with E-state index in [1.165, 1.54) is 6.20 Å². The van der Waals surface area contributed by atoms with Gasteiger partial charge in [-0.3, -0.25) is 4.79 Å². The molecular weight excluding hydrogens is 512 g/mol. The zero-order valence-electron chi connectivity index (χ0n) is 22.0. The molecule has 0 spiro atoms. The Morgan fingerprint density at radius 2 is 1.68 bits per heavy atom. The summed E-state index contributed by atoms with van der Waals surface area (Å²) in [5.41, 5.74) is 6.90. The fourth-order valence-electron chi connectivity index (χ4n) is 3.94. The van der Waals surface area contributed by atoms with Gasteiger partial charge in [-0.15, -0.1) is 4.31 Å². The van der Waals surface area contributed by atoms with E-state index >= 15 is 0 Å². The second kappa shape index (κ2) is 11.3. The normalized spacial score (nSPS) is 16.3. The summed E-state index contributed by atoms with van der Waals surface area (Å²) in [4.78, 5) is 15.5. The van der Waals surface area contributed by atoms with Gasteiger partial charge in [0, 0.05) is 41.8 Å². The number of aromatic nitrogens is 2. The number of anilines is 2. The van der Waals surface area contributed by atoms with Crippen LogP contribution < -0.4 is 20.9 Å². The van der Waals surface area contributed by atoms with Gasteiger partial charge in [-0.2, -0.15) is 9.78 Å². The molecule has 2 unspecified atom stereocenters. The van der Waals surface area contributed by atoms with Crippen molar-refractivity contribution in [1.82, 2.24) is 14.1 Å². The Labute approximate surface area is 224 Å². The molecule has 1 aliphatic rings. The number of nitrogens with two attached hydrogens (primary N) is 1. The summed E-state index contributed by atoms with van der Waals surface area (Å²) >= 11 is -1.22. The average Bonchev–Trinajstić information content (AvgIpc) is 2.85. The van der Waals surface area contributed by atoms with Crippen molar-refractivity contribution in [2.24, 2.45) is 5.41 Å². The molecule has 2 heterocycles. The number of benzene rings is 2. The van der Waals surface area contributed by atoms with E-state index in [-0.39, 0.29) is 23.0 Å². The first-order chi connectivity index (χ1) is 17.9. The molecule has 2 aromatic carbocycles. The number of nitrogen functional groups attached to an aromatic ring is 1. The Kier molecular flexibility index (Phi) is 8.29. The van der Waals surface area contributed by atoms with E-state index in [2.05, 4.69) is 5.10 Å². The van der Waals surface area contributed by atoms with Crippen LogP contribution >= 0.6 is 0 Å². The first kappa shape index (κ1) is 27.9. The number of nitrogens with zero attached hydrogens (tertiary/aromatic N) is 4. The molecule has 0 radical (unpaired) electrons. The molecule has 1 saturated heterocycles. The summed E-state index contributed by atoms with van der Waals surface area (Å²) in [7, 11) is 0. The third-order valence-electron chi connectivity index (χ3n) is 6.66. The van der Waals surface area contributed by atoms with Gasteiger partial charge in [0.1, 0.15) is 23.4 Å². The molecule has 0 saturated carbocycles. The van der Waals surface area contributed by atoms with Gasteiger partial charge in [0.15, 0.2) is 5.75 Å². The summed E-state index contributed by atoms with van der Waals surface area (Å²) in [5.74, 6) is -1.18. The molecule has 2 atom stereocenters. The molecule has 38 heavy (non-hydrogen) atoms. The molecular formula is C27H33F2N5O3S. The number of halogens is 2. The van der Waals surface area contributed by atoms with E-state index in [1.54, 1.807) is 12.1 Å². The van der Waals surface area contributed by atoms with Gasteiger partial charge < -0.3 is 19.9 Å². The highest BCUT2D eigenvalue weighted by atomic mass is 32.2. The lowest BCUT2D eigenvalue weighted by atomic mass is 9.90. The highest BCUT2D eigenvalue weighted by Gasteiger charge is 2.31. The highest BCUT2D eigenvalue weighted by Crippen LogP contribution is 2.31. The van der Waals surface area contributed by atoms with E-state index in [9.17, 15) is 18.1 Å². The molecule has 1 fully saturated rings. The maximum absolute atomic E-state index is 13.9. The van der Waals surface area contributed by atoms with Crippen LogP contribution in [0.3, 0.4) is 0 Å². The molecule has 2 N–H and O–H groups in total. The molecule has 0 amide bonds. The molecule has 0 aliphatic carbocycles. The van der Waals surface area contributed by atoms with Crippen LogP contribution in [-0.2, 0) is 17.1 Å². The molecule has 3 aromatic rings. The van der Waals surface area contributed by atoms with Crippen molar-refractivity contribution in [3.05, 3.63) is 76.2 Å². The number of hydrogen-bond donors (Lipinski definition) is 1. The second-order valence-corrected chi connectivity index (χ2v) is 11.9. The quantitative estimate of drug-likeness (QED) is 0.355. The molecule has 0 bridgehead atoms. The maximum atomic E-state index is 13.9. The third-order valence-corrected chi connectivity index (χ3v) is 8.18. The standard InChI is InChI=1S/C27H33F2N5O3S/c1-18(27(2,3)4)37-25-24(16-31-34(26(25)35)23-14-20(28)13-21(29)15-23)32-9-11-33(12-10-32)38(36)17-19-5-7-22(30)8-6-19/h5-8,13-16,18H,9-12,17,30H2,1-4H3. The van der Waals surface area contributed by atoms with Crippen LogP contribution in [0.25, 0.3) is 5.69 Å². The smallest absolute Gasteiger partial charge is 0.316 e. The summed E-state index contributed by atoms with van der Waals surface area (Å²) < 4.78 is 49.8. The van der Waals surface area contributed by atoms with Crippen LogP contribution in [0.2, 0.25) is 0 Å². The Bertz CT molecular complexity index is 1300. The van der Waals surface area contributed by atoms with Gasteiger partial charge in [-0.25, -0.2) is 8.78 Å². The largest absolute Gasteiger partial charge is 0.598 e. The van der Waals surface area contributed by atoms with Gasteiger partial charge in [0.05, 0.1) is 25.0 Å². The molecule has 204 valence electrons. The Hall–Kier alpha value is -3.15. The van der Waals surface area contributed by atoms with Crippen molar-refractivity contribution in [3.8, 4) is 11.4 Å². The highest BCUT2D eigenvalue weighted by molar-refractivity contribution is 7.88. The van der Waals surface area contributed by atoms with Crippen LogP contribution in [0.5, 0.6) is 5.75 Å². The van der Waals surface area contributed by atoms with E-state index in [0.717, 1.165) is 28.4 Å². The van der Waals surface area contributed by atoms with Crippen LogP contribution in [0.15, 0.2) is 53.5 Å². The third kappa shape index (κ3) is 6.46. The second-order valence-electron chi connectivity index (χ2n) is 10.5. The first-order valence-corrected chi connectivity index (χ1v) is 13.7. The van der Waals surface area contributed by atoms with Crippen LogP contribution in [0.1, 0.15) is 33.3 Å². The van der Waals surface area contributed by atoms with Crippen molar-refractivity contribution in [2.45, 2.75) is 39.6 Å². The van der Waals surface area contributed by atoms with Gasteiger partial charge in [0.25, 0.3) is 0 Å². The number of hydrogen-bond acceptors (Lipinski definition) is 7. The number of ether oxygens (including phenoxy) is 1. The average molecular weight is 546 g/mol. The van der Waals surface area contributed by atoms with Gasteiger partial charge in [-0.05, 0) is 36.6 Å². The Morgan fingerprint density at radius 1 is 1.08 bits per heavy atom. The van der Waals surface area contributed by atoms with Crippen LogP contribution in [-0.4, -0.2) is 50.9 Å². The lowest BCUT2D eigenvalue weighted by molar-refractivity contribution is 0.102. The monoisotopic (exact) mass is 545 g/mol. The zero-order chi connectivity index (χ0) is 27.6. The fourth-order valence-corrected chi connectivity index (χ4v) is 5.18. The van der Waals surface area contributed by atoms with Crippen molar-refractivity contribution in [3.63, 3.8) is 0 Å². The summed E-state index contributed by atoms with van der Waals surface area (Å²) in [6.45, 7) is 9.85. The first-order valence-electron chi connectivity index (χ1n) is 12.4. The molecule has 8 nitrogen and oxygen atoms in total. The van der Waals surface area contributed by atoms with Gasteiger partial charge in [-0.1, -0.05) is 32.9 Å². The zero-order valence-corrected chi connectivity index (χ0v) is 22.8. The SMILES string of the molecule is CC(Oc1c(N2CCN([S+]([O-])Cc3ccc(N)cc3)CC2)cnn(-c2cc(F)cc(F)c2)c1=O)C(C)(C)C. The minimum atomic E-state index is -1.22. The predicted octanol–water partition coefficient (Wildman–Crippen LogP) is 3.89. The Morgan fingerprint density at radius 3 is 2.26 bits per heavy atom. The van der Waals surface area contributed by atoms with Crippen LogP contribution in [0.4, 0.5) is 20.2 Å². The van der Waals surface area contributed by atoms with Crippen molar-refractivity contribution in [1.29, 1.82) is 0 Å². The number of piperazine rings is 1. The van der Waals surface area contributed by atoms with E-state index in [0.29, 0.717) is 43.3 Å². The summed E-state index contributed by atoms with van der Waals surface area (Å²) in [6.07, 6.45) is 1.14. The number of rotatable bonds is 7. The molecule has 4 rings (SSSR count). The Balaban J connectivity index is 1.58. The minimum absolute atomic E-state index is 0.0322. The van der Waals surface area contributed by atoms with Crippen molar-refractivity contribution in [2.75, 3.05) is 36.8 Å². The molecule has 11 heteroatoms. The van der Waals surface area contributed by atoms with E-state index < -0.39 is 28.6 Å². The van der Waals surface area contributed by atoms with Gasteiger partial charge >= 0.3 is 5.56 Å². The molecule has 1 aromatic heterocycles. The lowest BCUT2D eigenvalue weighted by Crippen LogP contribution is -2.49. The van der Waals surface area contributed by atoms with Crippen molar-refractivity contribution < 1.29 is 18.1 Å². The topological polar surface area (TPSA) is 99.7 Å². The van der Waals surface area contributed by atoms with Crippen LogP contribution in [0, 0.1) is 17.0 Å². The molecule has 1 aliphatic heterocycles. The lowest BCUT2D eigenvalue weighted by Gasteiger charge is -2.36. The van der Waals surface area contributed by atoms with E-state index in [1.807, 2.05) is 49.0 Å². The summed E-state index contributed by atoms with van der Waals surface area (Å²) in [5, 5.41) is 4.22. The van der Waals surface area contributed by atoms with E-state index in [4.69, 9.17) is 10.5 Å². The minimum Gasteiger partial charge on any atom is -0.598 e. The van der Waals surface area contributed by atoms with Crippen molar-refractivity contribution >= 4 is 22.7 Å². The fraction of sp³-hybridized carbons (Fsp3) is 0.407.